The number of aliphatic imine (C=N–C) groups is 1. The van der Waals surface area contributed by atoms with Crippen LogP contribution >= 0.6 is 0 Å². The fourth-order valence-corrected chi connectivity index (χ4v) is 2.40. The lowest BCUT2D eigenvalue weighted by Crippen LogP contribution is -2.36. The van der Waals surface area contributed by atoms with Crippen molar-refractivity contribution in [2.75, 3.05) is 13.7 Å². The van der Waals surface area contributed by atoms with Crippen molar-refractivity contribution in [3.63, 3.8) is 0 Å². The molecule has 0 aliphatic heterocycles. The number of nitrogens with zero attached hydrogens (tertiary/aromatic N) is 2. The van der Waals surface area contributed by atoms with E-state index in [0.717, 1.165) is 5.76 Å². The number of aromatic nitrogens is 1. The second-order valence-corrected chi connectivity index (χ2v) is 7.27. The van der Waals surface area contributed by atoms with Gasteiger partial charge in [-0.2, -0.15) is 8.78 Å². The Balaban J connectivity index is 2.09. The van der Waals surface area contributed by atoms with Gasteiger partial charge in [-0.05, 0) is 19.1 Å². The molecular formula is C20H28F2N4O3. The van der Waals surface area contributed by atoms with Crippen LogP contribution < -0.4 is 20.1 Å². The molecule has 0 bridgehead atoms. The van der Waals surface area contributed by atoms with Gasteiger partial charge in [-0.3, -0.25) is 0 Å². The normalized spacial score (nSPS) is 12.2. The van der Waals surface area contributed by atoms with E-state index < -0.39 is 6.61 Å². The predicted octanol–water partition coefficient (Wildman–Crippen LogP) is 3.84. The Morgan fingerprint density at radius 3 is 2.62 bits per heavy atom. The van der Waals surface area contributed by atoms with E-state index in [4.69, 9.17) is 9.15 Å². The van der Waals surface area contributed by atoms with E-state index in [0.29, 0.717) is 36.3 Å². The van der Waals surface area contributed by atoms with Crippen molar-refractivity contribution < 1.29 is 22.7 Å². The molecule has 1 heterocycles. The number of rotatable bonds is 8. The zero-order valence-electron chi connectivity index (χ0n) is 17.4. The minimum Gasteiger partial charge on any atom is -0.497 e. The van der Waals surface area contributed by atoms with Gasteiger partial charge in [0.1, 0.15) is 17.3 Å². The fraction of sp³-hybridized carbons (Fsp3) is 0.500. The highest BCUT2D eigenvalue weighted by Gasteiger charge is 2.19. The Labute approximate surface area is 169 Å². The van der Waals surface area contributed by atoms with Gasteiger partial charge >= 0.3 is 6.61 Å². The predicted molar refractivity (Wildman–Crippen MR) is 106 cm³/mol. The van der Waals surface area contributed by atoms with Gasteiger partial charge < -0.3 is 24.5 Å². The zero-order valence-corrected chi connectivity index (χ0v) is 17.4. The molecule has 9 heteroatoms. The van der Waals surface area contributed by atoms with E-state index in [-0.39, 0.29) is 17.7 Å². The third-order valence-corrected chi connectivity index (χ3v) is 3.94. The van der Waals surface area contributed by atoms with Crippen molar-refractivity contribution in [2.45, 2.75) is 52.8 Å². The van der Waals surface area contributed by atoms with Crippen molar-refractivity contribution in [3.05, 3.63) is 41.6 Å². The van der Waals surface area contributed by atoms with Crippen LogP contribution in [0.25, 0.3) is 0 Å². The first-order chi connectivity index (χ1) is 13.7. The van der Waals surface area contributed by atoms with Crippen LogP contribution in [0.3, 0.4) is 0 Å². The third-order valence-electron chi connectivity index (χ3n) is 3.94. The van der Waals surface area contributed by atoms with Crippen molar-refractivity contribution in [1.29, 1.82) is 0 Å². The first-order valence-corrected chi connectivity index (χ1v) is 9.32. The highest BCUT2D eigenvalue weighted by atomic mass is 19.3. The smallest absolute Gasteiger partial charge is 0.387 e. The summed E-state index contributed by atoms with van der Waals surface area (Å²) < 4.78 is 40.8. The number of hydrogen-bond acceptors (Lipinski definition) is 5. The Morgan fingerprint density at radius 1 is 1.28 bits per heavy atom. The van der Waals surface area contributed by atoms with Gasteiger partial charge in [0.25, 0.3) is 0 Å². The average molecular weight is 410 g/mol. The molecule has 2 rings (SSSR count). The van der Waals surface area contributed by atoms with Crippen LogP contribution in [-0.2, 0) is 18.5 Å². The highest BCUT2D eigenvalue weighted by Crippen LogP contribution is 2.27. The number of nitrogens with one attached hydrogen (secondary N) is 2. The van der Waals surface area contributed by atoms with E-state index in [1.54, 1.807) is 18.3 Å². The molecular weight excluding hydrogens is 382 g/mol. The van der Waals surface area contributed by atoms with E-state index in [2.05, 4.69) is 25.3 Å². The number of alkyl halides is 2. The van der Waals surface area contributed by atoms with Crippen LogP contribution in [0.1, 0.15) is 44.9 Å². The lowest BCUT2D eigenvalue weighted by atomic mass is 9.94. The minimum atomic E-state index is -2.93. The van der Waals surface area contributed by atoms with Gasteiger partial charge in [-0.1, -0.05) is 20.8 Å². The molecule has 0 unspecified atom stereocenters. The molecule has 0 amide bonds. The van der Waals surface area contributed by atoms with Crippen LogP contribution in [0.15, 0.2) is 33.8 Å². The Kier molecular flexibility index (Phi) is 7.81. The summed E-state index contributed by atoms with van der Waals surface area (Å²) in [7, 11) is 1.46. The summed E-state index contributed by atoms with van der Waals surface area (Å²) >= 11 is 0. The van der Waals surface area contributed by atoms with Crippen LogP contribution in [0, 0.1) is 0 Å². The number of halogens is 2. The maximum atomic E-state index is 12.7. The Morgan fingerprint density at radius 2 is 2.03 bits per heavy atom. The summed E-state index contributed by atoms with van der Waals surface area (Å²) in [6, 6.07) is 4.73. The van der Waals surface area contributed by atoms with Gasteiger partial charge in [0.15, 0.2) is 5.96 Å². The van der Waals surface area contributed by atoms with E-state index >= 15 is 0 Å². The van der Waals surface area contributed by atoms with Gasteiger partial charge in [-0.15, -0.1) is 0 Å². The standard InChI is InChI=1S/C20H28F2N4O3/c1-6-23-19(26-12-17-24-11-16(29-17)20(2,3)4)25-10-13-7-8-14(27-5)9-15(13)28-18(21)22/h7-9,11,18H,6,10,12H2,1-5H3,(H2,23,25,26). The van der Waals surface area contributed by atoms with Gasteiger partial charge in [0.2, 0.25) is 5.89 Å². The van der Waals surface area contributed by atoms with Crippen molar-refractivity contribution >= 4 is 5.96 Å². The number of ether oxygens (including phenoxy) is 2. The third kappa shape index (κ3) is 6.92. The number of benzene rings is 1. The Bertz CT molecular complexity index is 816. The van der Waals surface area contributed by atoms with E-state index in [9.17, 15) is 8.78 Å². The summed E-state index contributed by atoms with van der Waals surface area (Å²) in [5, 5.41) is 6.22. The summed E-state index contributed by atoms with van der Waals surface area (Å²) in [6.45, 7) is 6.24. The number of methoxy groups -OCH3 is 1. The van der Waals surface area contributed by atoms with Crippen molar-refractivity contribution in [2.24, 2.45) is 4.99 Å². The molecule has 0 fully saturated rings. The molecule has 1 aromatic heterocycles. The second-order valence-electron chi connectivity index (χ2n) is 7.27. The number of oxazole rings is 1. The summed E-state index contributed by atoms with van der Waals surface area (Å²) in [5.41, 5.74) is 0.383. The van der Waals surface area contributed by atoms with Crippen LogP contribution in [0.4, 0.5) is 8.78 Å². The maximum absolute atomic E-state index is 12.7. The van der Waals surface area contributed by atoms with E-state index in [1.165, 1.54) is 13.2 Å². The zero-order chi connectivity index (χ0) is 21.4. The van der Waals surface area contributed by atoms with Gasteiger partial charge in [-0.25, -0.2) is 9.98 Å². The first kappa shape index (κ1) is 22.4. The molecule has 0 saturated carbocycles. The summed E-state index contributed by atoms with van der Waals surface area (Å²) in [4.78, 5) is 8.71. The quantitative estimate of drug-likeness (QED) is 0.508. The molecule has 0 radical (unpaired) electrons. The van der Waals surface area contributed by atoms with Crippen LogP contribution in [-0.4, -0.2) is 31.2 Å². The Hall–Kier alpha value is -2.84. The first-order valence-electron chi connectivity index (χ1n) is 9.32. The maximum Gasteiger partial charge on any atom is 0.387 e. The molecule has 160 valence electrons. The lowest BCUT2D eigenvalue weighted by Gasteiger charge is -2.14. The monoisotopic (exact) mass is 410 g/mol. The lowest BCUT2D eigenvalue weighted by molar-refractivity contribution is -0.0505. The molecule has 0 saturated heterocycles. The molecule has 0 aliphatic rings. The molecule has 0 aliphatic carbocycles. The van der Waals surface area contributed by atoms with Gasteiger partial charge in [0, 0.05) is 23.6 Å². The average Bonchev–Trinajstić information content (AvgIpc) is 3.13. The number of hydrogen-bond donors (Lipinski definition) is 2. The highest BCUT2D eigenvalue weighted by molar-refractivity contribution is 5.79. The molecule has 2 N–H and O–H groups in total. The van der Waals surface area contributed by atoms with Gasteiger partial charge in [0.05, 0.1) is 26.4 Å². The summed E-state index contributed by atoms with van der Waals surface area (Å²) in [5.74, 6) is 2.29. The largest absolute Gasteiger partial charge is 0.497 e. The fourth-order valence-electron chi connectivity index (χ4n) is 2.40. The molecule has 2 aromatic rings. The molecule has 0 spiro atoms. The van der Waals surface area contributed by atoms with Crippen molar-refractivity contribution in [3.8, 4) is 11.5 Å². The molecule has 29 heavy (non-hydrogen) atoms. The molecule has 7 nitrogen and oxygen atoms in total. The van der Waals surface area contributed by atoms with Crippen LogP contribution in [0.2, 0.25) is 0 Å². The molecule has 1 aromatic carbocycles. The second kappa shape index (κ2) is 10.1. The summed E-state index contributed by atoms with van der Waals surface area (Å²) in [6.07, 6.45) is 1.71. The van der Waals surface area contributed by atoms with E-state index in [1.807, 2.05) is 27.7 Å². The van der Waals surface area contributed by atoms with Crippen LogP contribution in [0.5, 0.6) is 11.5 Å². The molecule has 0 atom stereocenters. The minimum absolute atomic E-state index is 0.0291. The number of guanidine groups is 1. The van der Waals surface area contributed by atoms with Crippen molar-refractivity contribution in [1.82, 2.24) is 15.6 Å². The topological polar surface area (TPSA) is 80.9 Å². The SMILES string of the molecule is CCNC(=NCc1ccc(OC)cc1OC(F)F)NCc1ncc(C(C)(C)C)o1.